The summed E-state index contributed by atoms with van der Waals surface area (Å²) in [4.78, 5) is 5.84. The molecule has 0 aromatic heterocycles. The number of rotatable bonds is 14. The Labute approximate surface area is 333 Å². The predicted molar refractivity (Wildman–Crippen MR) is 214 cm³/mol. The first-order valence-electron chi connectivity index (χ1n) is 19.5. The van der Waals surface area contributed by atoms with Crippen molar-refractivity contribution in [1.82, 2.24) is 10.2 Å². The van der Waals surface area contributed by atoms with E-state index in [2.05, 4.69) is 52.3 Å². The smallest absolute Gasteiger partial charge is 0.188 e. The molecule has 0 spiro atoms. The van der Waals surface area contributed by atoms with Crippen LogP contribution in [-0.2, 0) is 24.3 Å². The Balaban J connectivity index is 1.08. The van der Waals surface area contributed by atoms with E-state index in [0.29, 0.717) is 72.4 Å². The second-order valence-electron chi connectivity index (χ2n) is 14.9. The van der Waals surface area contributed by atoms with E-state index in [1.54, 1.807) is 18.2 Å². The number of benzene rings is 4. The van der Waals surface area contributed by atoms with Crippen molar-refractivity contribution in [2.24, 2.45) is 0 Å². The molecule has 2 aliphatic heterocycles. The monoisotopic (exact) mass is 778 g/mol. The van der Waals surface area contributed by atoms with Crippen molar-refractivity contribution in [2.45, 2.75) is 83.0 Å². The maximum Gasteiger partial charge on any atom is 0.188 e. The van der Waals surface area contributed by atoms with Crippen LogP contribution < -0.4 is 19.5 Å². The highest BCUT2D eigenvalue weighted by atomic mass is 35.5. The number of alkyl halides is 1. The molecule has 9 nitrogen and oxygen atoms in total. The Bertz CT molecular complexity index is 2060. The van der Waals surface area contributed by atoms with Crippen LogP contribution >= 0.6 is 11.6 Å². The van der Waals surface area contributed by atoms with Crippen LogP contribution in [0.15, 0.2) is 66.7 Å². The van der Waals surface area contributed by atoms with Crippen molar-refractivity contribution in [2.75, 3.05) is 39.5 Å². The van der Waals surface area contributed by atoms with Gasteiger partial charge in [0, 0.05) is 56.0 Å². The van der Waals surface area contributed by atoms with Crippen molar-refractivity contribution in [3.05, 3.63) is 117 Å². The number of hydrogen-bond donors (Lipinski definition) is 2. The van der Waals surface area contributed by atoms with E-state index < -0.39 is 12.3 Å². The van der Waals surface area contributed by atoms with Crippen molar-refractivity contribution >= 4 is 17.3 Å². The molecule has 4 aromatic carbocycles. The molecule has 0 unspecified atom stereocenters. The Hall–Kier alpha value is -4.68. The van der Waals surface area contributed by atoms with Gasteiger partial charge in [0.05, 0.1) is 37.0 Å². The van der Waals surface area contributed by atoms with Crippen LogP contribution in [0.4, 0.5) is 10.1 Å². The van der Waals surface area contributed by atoms with Crippen molar-refractivity contribution in [3.8, 4) is 34.4 Å². The first-order valence-corrected chi connectivity index (χ1v) is 19.9. The molecule has 292 valence electrons. The van der Waals surface area contributed by atoms with Gasteiger partial charge >= 0.3 is 0 Å². The van der Waals surface area contributed by atoms with E-state index in [1.807, 2.05) is 24.3 Å². The minimum atomic E-state index is -0.661. The lowest BCUT2D eigenvalue weighted by atomic mass is 9.93. The molecule has 11 heteroatoms. The van der Waals surface area contributed by atoms with E-state index in [-0.39, 0.29) is 25.4 Å². The van der Waals surface area contributed by atoms with Crippen LogP contribution in [0.1, 0.15) is 71.6 Å². The van der Waals surface area contributed by atoms with Gasteiger partial charge < -0.3 is 34.3 Å². The molecule has 0 bridgehead atoms. The Morgan fingerprint density at radius 3 is 2.64 bits per heavy atom. The van der Waals surface area contributed by atoms with Crippen LogP contribution in [-0.4, -0.2) is 67.8 Å². The summed E-state index contributed by atoms with van der Waals surface area (Å²) >= 11 is 6.94. The molecule has 2 N–H and O–H groups in total. The third kappa shape index (κ3) is 9.46. The fraction of sp³-hybridized carbons (Fsp3) is 0.422. The van der Waals surface area contributed by atoms with Gasteiger partial charge in [-0.3, -0.25) is 0 Å². The number of hydrogen-bond acceptors (Lipinski definition) is 8. The molecule has 2 heterocycles. The van der Waals surface area contributed by atoms with Crippen LogP contribution in [0.5, 0.6) is 17.2 Å². The second-order valence-corrected chi connectivity index (χ2v) is 15.3. The number of ether oxygens (including phenoxy) is 4. The van der Waals surface area contributed by atoms with E-state index >= 15 is 0 Å². The highest BCUT2D eigenvalue weighted by Crippen LogP contribution is 2.44. The number of aliphatic hydroxyl groups is 1. The van der Waals surface area contributed by atoms with Crippen LogP contribution in [0.3, 0.4) is 0 Å². The van der Waals surface area contributed by atoms with Gasteiger partial charge in [-0.1, -0.05) is 41.9 Å². The summed E-state index contributed by atoms with van der Waals surface area (Å²) in [6.07, 6.45) is 2.92. The summed E-state index contributed by atoms with van der Waals surface area (Å²) in [5.41, 5.74) is 7.99. The largest absolute Gasteiger partial charge is 0.493 e. The fourth-order valence-corrected chi connectivity index (χ4v) is 8.22. The Kier molecular flexibility index (Phi) is 13.1. The van der Waals surface area contributed by atoms with Crippen LogP contribution in [0.25, 0.3) is 16.0 Å². The quantitative estimate of drug-likeness (QED) is 0.0968. The number of nitrogens with one attached hydrogen (secondary N) is 1. The Morgan fingerprint density at radius 2 is 1.84 bits per heavy atom. The van der Waals surface area contributed by atoms with Gasteiger partial charge in [0.2, 0.25) is 0 Å². The number of fused-ring (bicyclic) bond motifs is 1. The zero-order chi connectivity index (χ0) is 39.0. The fourth-order valence-electron chi connectivity index (χ4n) is 7.99. The number of likely N-dealkylation sites (tertiary alicyclic amines) is 1. The lowest BCUT2D eigenvalue weighted by Crippen LogP contribution is -2.46. The molecule has 3 aliphatic rings. The topological polar surface area (TPSA) is 101 Å². The molecule has 0 amide bonds. The maximum absolute atomic E-state index is 13.5. The zero-order valence-electron chi connectivity index (χ0n) is 31.7. The third-order valence-electron chi connectivity index (χ3n) is 11.1. The third-order valence-corrected chi connectivity index (χ3v) is 11.4. The number of halogens is 2. The maximum atomic E-state index is 13.5. The number of piperidine rings is 1. The minimum absolute atomic E-state index is 0.128. The molecule has 4 aromatic rings. The standard InChI is InChI=1S/C45H48ClFN4O5/c1-29-35(6-4-9-42(29)54-18-5-15-51-16-12-33(47)13-17-51)36-7-3-8-38-37(36)10-11-43(38)56-45-24-44(55-27-31-20-30(25-48)21-34(22-31)49-2)32(23-39(45)46)26-50-40-14-19-53-28-41(40)52/h3-4,6-9,20-24,33,40-41,43,50,52H,5,10-19,26-28H2,1H3/t40-,41+,43-/m0/s1. The molecule has 56 heavy (non-hydrogen) atoms. The van der Waals surface area contributed by atoms with Gasteiger partial charge in [0.15, 0.2) is 5.69 Å². The van der Waals surface area contributed by atoms with E-state index in [1.165, 1.54) is 5.56 Å². The molecular formula is C45H48ClFN4O5. The molecule has 2 fully saturated rings. The first-order chi connectivity index (χ1) is 27.3. The van der Waals surface area contributed by atoms with Gasteiger partial charge in [-0.25, -0.2) is 9.24 Å². The summed E-state index contributed by atoms with van der Waals surface area (Å²) in [5, 5.41) is 23.9. The molecule has 2 saturated heterocycles. The van der Waals surface area contributed by atoms with Gasteiger partial charge in [0.25, 0.3) is 0 Å². The minimum Gasteiger partial charge on any atom is -0.493 e. The van der Waals surface area contributed by atoms with Crippen molar-refractivity contribution in [1.29, 1.82) is 5.26 Å². The normalized spacial score (nSPS) is 19.9. The lowest BCUT2D eigenvalue weighted by Gasteiger charge is -2.29. The summed E-state index contributed by atoms with van der Waals surface area (Å²) in [6, 6.07) is 23.2. The second kappa shape index (κ2) is 18.5. The number of nitriles is 1. The van der Waals surface area contributed by atoms with Crippen molar-refractivity contribution < 1.29 is 28.4 Å². The van der Waals surface area contributed by atoms with E-state index in [9.17, 15) is 14.8 Å². The molecule has 3 atom stereocenters. The summed E-state index contributed by atoms with van der Waals surface area (Å²) in [7, 11) is 0. The SMILES string of the molecule is [C-]#[N+]c1cc(C#N)cc(COc2cc(O[C@H]3CCc4c(-c5cccc(OCCCN6CCC(F)CC6)c5C)cccc43)c(Cl)cc2CN[C@H]2CCOC[C@H]2O)c1. The molecular weight excluding hydrogens is 731 g/mol. The van der Waals surface area contributed by atoms with Gasteiger partial charge in [-0.05, 0) is 109 Å². The highest BCUT2D eigenvalue weighted by Gasteiger charge is 2.29. The van der Waals surface area contributed by atoms with Gasteiger partial charge in [-0.2, -0.15) is 5.26 Å². The molecule has 0 saturated carbocycles. The average Bonchev–Trinajstić information content (AvgIpc) is 3.63. The van der Waals surface area contributed by atoms with Gasteiger partial charge in [-0.15, -0.1) is 0 Å². The van der Waals surface area contributed by atoms with E-state index in [0.717, 1.165) is 72.5 Å². The first kappa shape index (κ1) is 39.6. The molecule has 1 aliphatic carbocycles. The highest BCUT2D eigenvalue weighted by molar-refractivity contribution is 6.32. The molecule has 0 radical (unpaired) electrons. The van der Waals surface area contributed by atoms with Crippen molar-refractivity contribution in [3.63, 3.8) is 0 Å². The van der Waals surface area contributed by atoms with Gasteiger partial charge in [0.1, 0.15) is 36.1 Å². The molecule has 7 rings (SSSR count). The summed E-state index contributed by atoms with van der Waals surface area (Å²) < 4.78 is 38.3. The zero-order valence-corrected chi connectivity index (χ0v) is 32.5. The van der Waals surface area contributed by atoms with Crippen LogP contribution in [0, 0.1) is 24.8 Å². The number of nitrogens with zero attached hydrogens (tertiary/aromatic N) is 3. The average molecular weight is 779 g/mol. The van der Waals surface area contributed by atoms with E-state index in [4.69, 9.17) is 37.1 Å². The predicted octanol–water partition coefficient (Wildman–Crippen LogP) is 8.83. The summed E-state index contributed by atoms with van der Waals surface area (Å²) in [5.74, 6) is 1.92. The van der Waals surface area contributed by atoms with Crippen LogP contribution in [0.2, 0.25) is 5.02 Å². The summed E-state index contributed by atoms with van der Waals surface area (Å²) in [6.45, 7) is 14.1. The number of aliphatic hydroxyl groups excluding tert-OH is 1. The Morgan fingerprint density at radius 1 is 1.02 bits per heavy atom. The lowest BCUT2D eigenvalue weighted by molar-refractivity contribution is -0.0281.